The van der Waals surface area contributed by atoms with Crippen LogP contribution in [0.15, 0.2) is 47.5 Å². The summed E-state index contributed by atoms with van der Waals surface area (Å²) in [6.07, 6.45) is 5.36. The topological polar surface area (TPSA) is 58.5 Å². The van der Waals surface area contributed by atoms with Gasteiger partial charge in [0.05, 0.1) is 45.3 Å². The summed E-state index contributed by atoms with van der Waals surface area (Å²) in [5.74, 6) is 1.45. The third-order valence-electron chi connectivity index (χ3n) is 4.76. The van der Waals surface area contributed by atoms with Crippen molar-refractivity contribution in [3.63, 3.8) is 0 Å². The zero-order chi connectivity index (χ0) is 21.6. The number of hydrogen-bond donors (Lipinski definition) is 0. The smallest absolute Gasteiger partial charge is 0.123 e. The predicted molar refractivity (Wildman–Crippen MR) is 122 cm³/mol. The second kappa shape index (κ2) is 13.8. The van der Waals surface area contributed by atoms with Gasteiger partial charge in [0.2, 0.25) is 0 Å². The van der Waals surface area contributed by atoms with Crippen molar-refractivity contribution in [3.8, 4) is 11.5 Å². The highest BCUT2D eigenvalue weighted by Crippen LogP contribution is 2.23. The van der Waals surface area contributed by atoms with E-state index in [1.54, 1.807) is 0 Å². The van der Waals surface area contributed by atoms with E-state index in [1.165, 1.54) is 18.4 Å². The van der Waals surface area contributed by atoms with Gasteiger partial charge < -0.3 is 23.7 Å². The molecule has 0 atom stereocenters. The molecule has 1 heterocycles. The molecule has 3 rings (SSSR count). The van der Waals surface area contributed by atoms with Crippen molar-refractivity contribution >= 4 is 11.9 Å². The second-order valence-electron chi connectivity index (χ2n) is 7.30. The molecule has 0 spiro atoms. The standard InChI is InChI=1S/C25H33NO5/c1-2-3-4-21-5-7-23(8-6-21)26-20-22-17-24-19-25(18-22)31-16-14-29-12-10-27-9-11-28-13-15-30-24/h5-8,17-20H,2-4,9-16H2,1H3. The van der Waals surface area contributed by atoms with Crippen LogP contribution < -0.4 is 9.47 Å². The molecule has 0 radical (unpaired) electrons. The van der Waals surface area contributed by atoms with Crippen molar-refractivity contribution in [1.29, 1.82) is 0 Å². The zero-order valence-corrected chi connectivity index (χ0v) is 18.4. The molecule has 2 aromatic rings. The van der Waals surface area contributed by atoms with Crippen LogP contribution in [0.2, 0.25) is 0 Å². The van der Waals surface area contributed by atoms with E-state index in [2.05, 4.69) is 36.2 Å². The van der Waals surface area contributed by atoms with Crippen LogP contribution in [-0.2, 0) is 20.6 Å². The van der Waals surface area contributed by atoms with Crippen LogP contribution in [0, 0.1) is 0 Å². The van der Waals surface area contributed by atoms with E-state index in [4.69, 9.17) is 23.7 Å². The number of fused-ring (bicyclic) bond motifs is 2. The van der Waals surface area contributed by atoms with Crippen molar-refractivity contribution in [2.24, 2.45) is 4.99 Å². The zero-order valence-electron chi connectivity index (χ0n) is 18.4. The number of unbranched alkanes of at least 4 members (excludes halogenated alkanes) is 1. The van der Waals surface area contributed by atoms with Gasteiger partial charge in [0.15, 0.2) is 0 Å². The molecule has 31 heavy (non-hydrogen) atoms. The summed E-state index contributed by atoms with van der Waals surface area (Å²) in [7, 11) is 0. The Morgan fingerprint density at radius 2 is 1.29 bits per heavy atom. The molecular weight excluding hydrogens is 394 g/mol. The third kappa shape index (κ3) is 9.09. The summed E-state index contributed by atoms with van der Waals surface area (Å²) < 4.78 is 28.2. The molecule has 0 fully saturated rings. The minimum atomic E-state index is 0.461. The Hall–Kier alpha value is -2.41. The fourth-order valence-electron chi connectivity index (χ4n) is 3.09. The summed E-state index contributed by atoms with van der Waals surface area (Å²) >= 11 is 0. The van der Waals surface area contributed by atoms with Gasteiger partial charge in [-0.2, -0.15) is 0 Å². The number of benzene rings is 2. The van der Waals surface area contributed by atoms with Crippen molar-refractivity contribution in [2.45, 2.75) is 26.2 Å². The van der Waals surface area contributed by atoms with E-state index in [0.717, 1.165) is 29.2 Å². The number of aliphatic imine (C=N–C) groups is 1. The van der Waals surface area contributed by atoms with Crippen LogP contribution in [0.25, 0.3) is 0 Å². The van der Waals surface area contributed by atoms with Gasteiger partial charge in [-0.15, -0.1) is 0 Å². The lowest BCUT2D eigenvalue weighted by Crippen LogP contribution is -2.15. The minimum Gasteiger partial charge on any atom is -0.491 e. The first kappa shape index (κ1) is 23.3. The van der Waals surface area contributed by atoms with Gasteiger partial charge in [0.25, 0.3) is 0 Å². The summed E-state index contributed by atoms with van der Waals surface area (Å²) in [6, 6.07) is 14.2. The Morgan fingerprint density at radius 3 is 1.84 bits per heavy atom. The van der Waals surface area contributed by atoms with E-state index in [1.807, 2.05) is 24.4 Å². The molecule has 0 amide bonds. The Bertz CT molecular complexity index is 759. The summed E-state index contributed by atoms with van der Waals surface area (Å²) in [5.41, 5.74) is 3.19. The maximum Gasteiger partial charge on any atom is 0.123 e. The van der Waals surface area contributed by atoms with Crippen LogP contribution in [0.1, 0.15) is 30.9 Å². The van der Waals surface area contributed by atoms with Gasteiger partial charge in [0.1, 0.15) is 24.7 Å². The molecule has 0 saturated carbocycles. The summed E-state index contributed by atoms with van der Waals surface area (Å²) in [4.78, 5) is 4.62. The first-order chi connectivity index (χ1) is 15.3. The fraction of sp³-hybridized carbons (Fsp3) is 0.480. The molecule has 0 saturated heterocycles. The molecule has 0 aromatic heterocycles. The Morgan fingerprint density at radius 1 is 0.742 bits per heavy atom. The van der Waals surface area contributed by atoms with Gasteiger partial charge in [-0.1, -0.05) is 25.5 Å². The first-order valence-electron chi connectivity index (χ1n) is 11.1. The molecule has 2 bridgehead atoms. The van der Waals surface area contributed by atoms with Crippen molar-refractivity contribution in [3.05, 3.63) is 53.6 Å². The van der Waals surface area contributed by atoms with Gasteiger partial charge >= 0.3 is 0 Å². The predicted octanol–water partition coefficient (Wildman–Crippen LogP) is 4.60. The second-order valence-corrected chi connectivity index (χ2v) is 7.30. The summed E-state index contributed by atoms with van der Waals surface area (Å²) in [5, 5.41) is 0. The highest BCUT2D eigenvalue weighted by atomic mass is 16.6. The van der Waals surface area contributed by atoms with E-state index >= 15 is 0 Å². The number of rotatable bonds is 5. The van der Waals surface area contributed by atoms with Gasteiger partial charge in [-0.25, -0.2) is 0 Å². The number of hydrogen-bond acceptors (Lipinski definition) is 6. The molecule has 1 aliphatic heterocycles. The summed E-state index contributed by atoms with van der Waals surface area (Å²) in [6.45, 7) is 6.32. The van der Waals surface area contributed by atoms with E-state index in [0.29, 0.717) is 52.9 Å². The van der Waals surface area contributed by atoms with Crippen molar-refractivity contribution in [1.82, 2.24) is 0 Å². The Balaban J connectivity index is 1.66. The fourth-order valence-corrected chi connectivity index (χ4v) is 3.09. The monoisotopic (exact) mass is 427 g/mol. The van der Waals surface area contributed by atoms with E-state index in [9.17, 15) is 0 Å². The molecule has 6 heteroatoms. The molecule has 2 aromatic carbocycles. The van der Waals surface area contributed by atoms with Crippen LogP contribution in [0.5, 0.6) is 11.5 Å². The quantitative estimate of drug-likeness (QED) is 0.653. The maximum atomic E-state index is 5.85. The molecule has 6 nitrogen and oxygen atoms in total. The number of aryl methyl sites for hydroxylation is 1. The molecule has 0 N–H and O–H groups in total. The Kier molecular flexibility index (Phi) is 10.4. The molecule has 168 valence electrons. The first-order valence-corrected chi connectivity index (χ1v) is 11.1. The van der Waals surface area contributed by atoms with E-state index < -0.39 is 0 Å². The van der Waals surface area contributed by atoms with Crippen LogP contribution >= 0.6 is 0 Å². The highest BCUT2D eigenvalue weighted by Gasteiger charge is 2.04. The average Bonchev–Trinajstić information content (AvgIpc) is 2.79. The molecule has 1 aliphatic rings. The molecule has 0 unspecified atom stereocenters. The normalized spacial score (nSPS) is 16.5. The lowest BCUT2D eigenvalue weighted by molar-refractivity contribution is 0.00434. The van der Waals surface area contributed by atoms with Crippen molar-refractivity contribution in [2.75, 3.05) is 52.9 Å². The molecule has 0 aliphatic carbocycles. The number of ether oxygens (including phenoxy) is 5. The highest BCUT2D eigenvalue weighted by molar-refractivity contribution is 5.83. The minimum absolute atomic E-state index is 0.461. The Labute approximate surface area is 185 Å². The van der Waals surface area contributed by atoms with E-state index in [-0.39, 0.29) is 0 Å². The lowest BCUT2D eigenvalue weighted by atomic mass is 10.1. The van der Waals surface area contributed by atoms with Crippen LogP contribution in [0.4, 0.5) is 5.69 Å². The van der Waals surface area contributed by atoms with Crippen LogP contribution in [0.3, 0.4) is 0 Å². The largest absolute Gasteiger partial charge is 0.491 e. The molecular formula is C25H33NO5. The van der Waals surface area contributed by atoms with Gasteiger partial charge in [0, 0.05) is 17.8 Å². The van der Waals surface area contributed by atoms with Gasteiger partial charge in [-0.05, 0) is 42.7 Å². The van der Waals surface area contributed by atoms with Crippen LogP contribution in [-0.4, -0.2) is 59.1 Å². The number of nitrogens with zero attached hydrogens (tertiary/aromatic N) is 1. The maximum absolute atomic E-state index is 5.85. The average molecular weight is 428 g/mol. The van der Waals surface area contributed by atoms with Crippen molar-refractivity contribution < 1.29 is 23.7 Å². The SMILES string of the molecule is CCCCc1ccc(N=Cc2cc3cc(c2)OCCOCCOCCOCCO3)cc1. The third-order valence-corrected chi connectivity index (χ3v) is 4.76. The lowest BCUT2D eigenvalue weighted by Gasteiger charge is -2.13. The van der Waals surface area contributed by atoms with Gasteiger partial charge in [-0.3, -0.25) is 4.99 Å².